The molecule has 0 radical (unpaired) electrons. The van der Waals surface area contributed by atoms with E-state index in [4.69, 9.17) is 0 Å². The van der Waals surface area contributed by atoms with Gasteiger partial charge in [0, 0.05) is 30.5 Å². The third-order valence-corrected chi connectivity index (χ3v) is 5.22. The lowest BCUT2D eigenvalue weighted by atomic mass is 10.0. The summed E-state index contributed by atoms with van der Waals surface area (Å²) in [4.78, 5) is 26.6. The molecule has 1 saturated heterocycles. The first kappa shape index (κ1) is 18.9. The number of piperidine rings is 1. The van der Waals surface area contributed by atoms with Crippen LogP contribution in [0.5, 0.6) is 0 Å². The lowest BCUT2D eigenvalue weighted by Gasteiger charge is -2.30. The monoisotopic (exact) mass is 360 g/mol. The van der Waals surface area contributed by atoms with E-state index in [0.29, 0.717) is 19.1 Å². The number of rotatable bonds is 8. The summed E-state index contributed by atoms with van der Waals surface area (Å²) in [6.45, 7) is 3.96. The molecule has 3 rings (SSSR count). The standard InChI is InChI=1S/C20H30N4O2/c1-23(14-19(25)21-17-7-8-17)15-20(26)22-18-9-11-24(12-10-18)13-16-5-3-2-4-6-16/h2-6,17-18H,7-15H2,1H3,(H,21,25)(H,22,26)/p+2. The Bertz CT molecular complexity index is 595. The van der Waals surface area contributed by atoms with Crippen molar-refractivity contribution in [2.24, 2.45) is 0 Å². The van der Waals surface area contributed by atoms with Crippen LogP contribution in [-0.4, -0.2) is 57.1 Å². The molecule has 1 atom stereocenters. The molecule has 2 fully saturated rings. The van der Waals surface area contributed by atoms with E-state index in [2.05, 4.69) is 41.0 Å². The fourth-order valence-electron chi connectivity index (χ4n) is 3.63. The summed E-state index contributed by atoms with van der Waals surface area (Å²) in [7, 11) is 1.90. The van der Waals surface area contributed by atoms with E-state index in [1.807, 2.05) is 7.05 Å². The van der Waals surface area contributed by atoms with Gasteiger partial charge < -0.3 is 20.4 Å². The van der Waals surface area contributed by atoms with Gasteiger partial charge in [-0.1, -0.05) is 30.3 Å². The molecule has 1 aromatic carbocycles. The van der Waals surface area contributed by atoms with Gasteiger partial charge in [-0.05, 0) is 12.8 Å². The fraction of sp³-hybridized carbons (Fsp3) is 0.600. The van der Waals surface area contributed by atoms with Gasteiger partial charge in [0.05, 0.1) is 20.1 Å². The van der Waals surface area contributed by atoms with Crippen LogP contribution in [0, 0.1) is 0 Å². The topological polar surface area (TPSA) is 67.1 Å². The Labute approximate surface area is 155 Å². The van der Waals surface area contributed by atoms with Crippen molar-refractivity contribution in [1.82, 2.24) is 10.6 Å². The molecule has 0 aromatic heterocycles. The molecular weight excluding hydrogens is 328 g/mol. The molecule has 0 bridgehead atoms. The van der Waals surface area contributed by atoms with Crippen LogP contribution in [0.2, 0.25) is 0 Å². The van der Waals surface area contributed by atoms with Crippen LogP contribution in [0.4, 0.5) is 0 Å². The third kappa shape index (κ3) is 6.42. The number of nitrogens with one attached hydrogen (secondary N) is 4. The minimum atomic E-state index is 0.0515. The highest BCUT2D eigenvalue weighted by molar-refractivity contribution is 5.79. The number of hydrogen-bond donors (Lipinski definition) is 4. The van der Waals surface area contributed by atoms with E-state index >= 15 is 0 Å². The number of likely N-dealkylation sites (N-methyl/N-ethyl adjacent to an activating group) is 1. The summed E-state index contributed by atoms with van der Waals surface area (Å²) in [5.74, 6) is 0.105. The average molecular weight is 361 g/mol. The van der Waals surface area contributed by atoms with Crippen LogP contribution in [0.25, 0.3) is 0 Å². The van der Waals surface area contributed by atoms with Gasteiger partial charge in [0.25, 0.3) is 11.8 Å². The predicted octanol–water partition coefficient (Wildman–Crippen LogP) is -1.86. The van der Waals surface area contributed by atoms with Crippen molar-refractivity contribution < 1.29 is 19.4 Å². The normalized spacial score (nSPS) is 23.9. The maximum atomic E-state index is 12.2. The van der Waals surface area contributed by atoms with E-state index in [1.54, 1.807) is 4.90 Å². The minimum absolute atomic E-state index is 0.0515. The predicted molar refractivity (Wildman–Crippen MR) is 99.8 cm³/mol. The Balaban J connectivity index is 1.31. The molecule has 2 amide bonds. The molecule has 2 aliphatic rings. The first-order chi connectivity index (χ1) is 12.6. The average Bonchev–Trinajstić information content (AvgIpc) is 3.41. The smallest absolute Gasteiger partial charge is 0.275 e. The van der Waals surface area contributed by atoms with Gasteiger partial charge in [0.1, 0.15) is 6.54 Å². The molecule has 1 saturated carbocycles. The van der Waals surface area contributed by atoms with Crippen LogP contribution < -0.4 is 20.4 Å². The van der Waals surface area contributed by atoms with Gasteiger partial charge in [0.2, 0.25) is 0 Å². The fourth-order valence-corrected chi connectivity index (χ4v) is 3.63. The summed E-state index contributed by atoms with van der Waals surface area (Å²) in [5, 5.41) is 6.13. The van der Waals surface area contributed by atoms with Crippen LogP contribution in [0.15, 0.2) is 30.3 Å². The van der Waals surface area contributed by atoms with E-state index in [-0.39, 0.29) is 17.9 Å². The zero-order chi connectivity index (χ0) is 18.4. The minimum Gasteiger partial charge on any atom is -0.348 e. The van der Waals surface area contributed by atoms with Crippen LogP contribution in [0.3, 0.4) is 0 Å². The highest BCUT2D eigenvalue weighted by atomic mass is 16.2. The maximum Gasteiger partial charge on any atom is 0.275 e. The number of amides is 2. The molecular formula is C20H32N4O2+2. The summed E-state index contributed by atoms with van der Waals surface area (Å²) >= 11 is 0. The van der Waals surface area contributed by atoms with Gasteiger partial charge in [-0.3, -0.25) is 9.59 Å². The molecule has 26 heavy (non-hydrogen) atoms. The first-order valence-electron chi connectivity index (χ1n) is 9.86. The lowest BCUT2D eigenvalue weighted by Crippen LogP contribution is -3.12. The molecule has 1 aromatic rings. The van der Waals surface area contributed by atoms with E-state index < -0.39 is 0 Å². The van der Waals surface area contributed by atoms with Crippen LogP contribution in [0.1, 0.15) is 31.2 Å². The molecule has 142 valence electrons. The molecule has 0 spiro atoms. The SMILES string of the molecule is C[NH+](CC(=O)NC1CC1)CC(=O)NC1CC[NH+](Cc2ccccc2)CC1. The Morgan fingerprint density at radius 2 is 1.50 bits per heavy atom. The number of likely N-dealkylation sites (tertiary alicyclic amines) is 1. The van der Waals surface area contributed by atoms with Crippen molar-refractivity contribution in [3.05, 3.63) is 35.9 Å². The largest absolute Gasteiger partial charge is 0.348 e. The molecule has 4 N–H and O–H groups in total. The lowest BCUT2D eigenvalue weighted by molar-refractivity contribution is -0.918. The summed E-state index contributed by atoms with van der Waals surface area (Å²) in [6.07, 6.45) is 4.23. The van der Waals surface area contributed by atoms with E-state index in [0.717, 1.165) is 50.2 Å². The van der Waals surface area contributed by atoms with Crippen molar-refractivity contribution in [3.63, 3.8) is 0 Å². The van der Waals surface area contributed by atoms with Crippen molar-refractivity contribution in [2.45, 2.75) is 44.3 Å². The Morgan fingerprint density at radius 3 is 2.04 bits per heavy atom. The van der Waals surface area contributed by atoms with Crippen LogP contribution in [-0.2, 0) is 16.1 Å². The second kappa shape index (κ2) is 9.14. The van der Waals surface area contributed by atoms with Crippen molar-refractivity contribution in [1.29, 1.82) is 0 Å². The highest BCUT2D eigenvalue weighted by Gasteiger charge is 2.26. The zero-order valence-corrected chi connectivity index (χ0v) is 15.7. The Hall–Kier alpha value is -1.92. The molecule has 1 aliphatic heterocycles. The third-order valence-electron chi connectivity index (χ3n) is 5.22. The second-order valence-corrected chi connectivity index (χ2v) is 7.91. The van der Waals surface area contributed by atoms with Crippen molar-refractivity contribution in [2.75, 3.05) is 33.2 Å². The Morgan fingerprint density at radius 1 is 0.962 bits per heavy atom. The molecule has 1 heterocycles. The van der Waals surface area contributed by atoms with Crippen molar-refractivity contribution >= 4 is 11.8 Å². The molecule has 6 nitrogen and oxygen atoms in total. The molecule has 1 aliphatic carbocycles. The second-order valence-electron chi connectivity index (χ2n) is 7.91. The van der Waals surface area contributed by atoms with Crippen LogP contribution >= 0.6 is 0 Å². The van der Waals surface area contributed by atoms with Gasteiger partial charge >= 0.3 is 0 Å². The number of carbonyl (C=O) groups is 2. The number of carbonyl (C=O) groups excluding carboxylic acids is 2. The van der Waals surface area contributed by atoms with Crippen molar-refractivity contribution in [3.8, 4) is 0 Å². The van der Waals surface area contributed by atoms with E-state index in [9.17, 15) is 9.59 Å². The molecule has 1 unspecified atom stereocenters. The quantitative estimate of drug-likeness (QED) is 0.440. The zero-order valence-electron chi connectivity index (χ0n) is 15.7. The summed E-state index contributed by atoms with van der Waals surface area (Å²) in [6, 6.07) is 11.2. The summed E-state index contributed by atoms with van der Waals surface area (Å²) < 4.78 is 0. The highest BCUT2D eigenvalue weighted by Crippen LogP contribution is 2.17. The Kier molecular flexibility index (Phi) is 6.63. The van der Waals surface area contributed by atoms with Gasteiger partial charge in [-0.15, -0.1) is 0 Å². The number of benzene rings is 1. The molecule has 6 heteroatoms. The van der Waals surface area contributed by atoms with Gasteiger partial charge in [-0.25, -0.2) is 0 Å². The van der Waals surface area contributed by atoms with Gasteiger partial charge in [-0.2, -0.15) is 0 Å². The maximum absolute atomic E-state index is 12.2. The van der Waals surface area contributed by atoms with E-state index in [1.165, 1.54) is 5.56 Å². The summed E-state index contributed by atoms with van der Waals surface area (Å²) in [5.41, 5.74) is 1.37. The first-order valence-corrected chi connectivity index (χ1v) is 9.86. The number of hydrogen-bond acceptors (Lipinski definition) is 2. The van der Waals surface area contributed by atoms with Gasteiger partial charge in [0.15, 0.2) is 13.1 Å². The number of quaternary nitrogens is 2.